The Morgan fingerprint density at radius 2 is 2.00 bits per heavy atom. The van der Waals surface area contributed by atoms with Crippen molar-refractivity contribution in [2.45, 2.75) is 51.9 Å². The zero-order chi connectivity index (χ0) is 15.2. The number of carbonyl (C=O) groups is 1. The van der Waals surface area contributed by atoms with Gasteiger partial charge in [-0.15, -0.1) is 0 Å². The highest BCUT2D eigenvalue weighted by molar-refractivity contribution is 6.32. The van der Waals surface area contributed by atoms with Crippen LogP contribution in [0.15, 0.2) is 18.2 Å². The molecule has 0 aromatic heterocycles. The summed E-state index contributed by atoms with van der Waals surface area (Å²) in [5, 5.41) is 0.553. The number of halogens is 1. The maximum Gasteiger partial charge on any atom is 0.166 e. The number of rotatable bonds is 6. The summed E-state index contributed by atoms with van der Waals surface area (Å²) in [6.45, 7) is 2.24. The van der Waals surface area contributed by atoms with E-state index in [1.54, 1.807) is 19.2 Å². The van der Waals surface area contributed by atoms with E-state index in [0.717, 1.165) is 24.3 Å². The van der Waals surface area contributed by atoms with Crippen molar-refractivity contribution in [3.8, 4) is 5.75 Å². The van der Waals surface area contributed by atoms with Gasteiger partial charge in [0.15, 0.2) is 5.78 Å². The van der Waals surface area contributed by atoms with E-state index in [4.69, 9.17) is 16.3 Å². The van der Waals surface area contributed by atoms with Gasteiger partial charge in [0, 0.05) is 11.5 Å². The van der Waals surface area contributed by atoms with Crippen molar-refractivity contribution in [3.63, 3.8) is 0 Å². The van der Waals surface area contributed by atoms with Gasteiger partial charge in [0.25, 0.3) is 0 Å². The number of ketones is 1. The van der Waals surface area contributed by atoms with Crippen LogP contribution < -0.4 is 4.74 Å². The van der Waals surface area contributed by atoms with Crippen LogP contribution in [0, 0.1) is 11.8 Å². The largest absolute Gasteiger partial charge is 0.495 e. The Hall–Kier alpha value is -1.02. The summed E-state index contributed by atoms with van der Waals surface area (Å²) < 4.78 is 5.20. The van der Waals surface area contributed by atoms with E-state index < -0.39 is 0 Å². The predicted molar refractivity (Wildman–Crippen MR) is 87.3 cm³/mol. The quantitative estimate of drug-likeness (QED) is 0.646. The van der Waals surface area contributed by atoms with E-state index in [0.29, 0.717) is 10.8 Å². The van der Waals surface area contributed by atoms with Gasteiger partial charge in [-0.3, -0.25) is 4.79 Å². The number of benzene rings is 1. The van der Waals surface area contributed by atoms with Crippen molar-refractivity contribution in [2.75, 3.05) is 7.11 Å². The fourth-order valence-corrected chi connectivity index (χ4v) is 3.45. The zero-order valence-electron chi connectivity index (χ0n) is 13.0. The lowest BCUT2D eigenvalue weighted by Gasteiger charge is -2.27. The topological polar surface area (TPSA) is 26.3 Å². The average Bonchev–Trinajstić information content (AvgIpc) is 2.53. The standard InChI is InChI=1S/C18H25ClO2/c1-3-4-5-13-6-8-14(9-7-13)18(20)15-10-11-16(19)17(12-15)21-2/h10-14H,3-9H2,1-2H3. The summed E-state index contributed by atoms with van der Waals surface area (Å²) >= 11 is 6.02. The van der Waals surface area contributed by atoms with Crippen molar-refractivity contribution in [1.82, 2.24) is 0 Å². The van der Waals surface area contributed by atoms with Gasteiger partial charge in [-0.25, -0.2) is 0 Å². The van der Waals surface area contributed by atoms with Gasteiger partial charge >= 0.3 is 0 Å². The van der Waals surface area contributed by atoms with Crippen LogP contribution in [-0.4, -0.2) is 12.9 Å². The molecule has 1 aromatic rings. The van der Waals surface area contributed by atoms with E-state index in [9.17, 15) is 4.79 Å². The minimum absolute atomic E-state index is 0.175. The van der Waals surface area contributed by atoms with Crippen molar-refractivity contribution in [3.05, 3.63) is 28.8 Å². The minimum Gasteiger partial charge on any atom is -0.495 e. The summed E-state index contributed by atoms with van der Waals surface area (Å²) in [5.41, 5.74) is 0.730. The van der Waals surface area contributed by atoms with Gasteiger partial charge in [-0.2, -0.15) is 0 Å². The van der Waals surface area contributed by atoms with E-state index >= 15 is 0 Å². The molecular formula is C18H25ClO2. The normalized spacial score (nSPS) is 22.0. The molecule has 116 valence electrons. The highest BCUT2D eigenvalue weighted by atomic mass is 35.5. The molecule has 1 aliphatic carbocycles. The van der Waals surface area contributed by atoms with Gasteiger partial charge in [0.1, 0.15) is 5.75 Å². The Balaban J connectivity index is 1.95. The smallest absolute Gasteiger partial charge is 0.166 e. The molecule has 1 fully saturated rings. The first-order chi connectivity index (χ1) is 10.2. The Kier molecular flexibility index (Phi) is 6.10. The minimum atomic E-state index is 0.175. The second-order valence-electron chi connectivity index (χ2n) is 6.07. The monoisotopic (exact) mass is 308 g/mol. The molecule has 2 rings (SSSR count). The summed E-state index contributed by atoms with van der Waals surface area (Å²) in [5.74, 6) is 1.83. The highest BCUT2D eigenvalue weighted by Crippen LogP contribution is 2.34. The van der Waals surface area contributed by atoms with Gasteiger partial charge in [0.2, 0.25) is 0 Å². The van der Waals surface area contributed by atoms with Crippen LogP contribution in [0.25, 0.3) is 0 Å². The molecule has 0 N–H and O–H groups in total. The Morgan fingerprint density at radius 3 is 2.62 bits per heavy atom. The first kappa shape index (κ1) is 16.4. The number of hydrogen-bond donors (Lipinski definition) is 0. The molecule has 21 heavy (non-hydrogen) atoms. The highest BCUT2D eigenvalue weighted by Gasteiger charge is 2.27. The van der Waals surface area contributed by atoms with Crippen LogP contribution in [0.5, 0.6) is 5.75 Å². The average molecular weight is 309 g/mol. The fourth-order valence-electron chi connectivity index (χ4n) is 3.25. The third-order valence-corrected chi connectivity index (χ3v) is 4.93. The van der Waals surface area contributed by atoms with E-state index in [2.05, 4.69) is 6.92 Å². The molecule has 0 bridgehead atoms. The van der Waals surface area contributed by atoms with Gasteiger partial charge in [-0.1, -0.05) is 37.8 Å². The van der Waals surface area contributed by atoms with Crippen LogP contribution in [0.4, 0.5) is 0 Å². The molecule has 0 unspecified atom stereocenters. The number of methoxy groups -OCH3 is 1. The third kappa shape index (κ3) is 4.23. The fraction of sp³-hybridized carbons (Fsp3) is 0.611. The van der Waals surface area contributed by atoms with E-state index in [1.165, 1.54) is 32.1 Å². The number of carbonyl (C=O) groups excluding carboxylic acids is 1. The Morgan fingerprint density at radius 1 is 1.29 bits per heavy atom. The van der Waals surface area contributed by atoms with E-state index in [-0.39, 0.29) is 11.7 Å². The van der Waals surface area contributed by atoms with Crippen LogP contribution >= 0.6 is 11.6 Å². The van der Waals surface area contributed by atoms with Crippen molar-refractivity contribution >= 4 is 17.4 Å². The van der Waals surface area contributed by atoms with Gasteiger partial charge < -0.3 is 4.74 Å². The number of Topliss-reactive ketones (excluding diaryl/α,β-unsaturated/α-hetero) is 1. The molecule has 2 nitrogen and oxygen atoms in total. The second-order valence-corrected chi connectivity index (χ2v) is 6.48. The lowest BCUT2D eigenvalue weighted by atomic mass is 9.77. The van der Waals surface area contributed by atoms with Gasteiger partial charge in [-0.05, 0) is 49.8 Å². The number of hydrogen-bond acceptors (Lipinski definition) is 2. The van der Waals surface area contributed by atoms with Crippen LogP contribution in [0.2, 0.25) is 5.02 Å². The molecule has 1 saturated carbocycles. The summed E-state index contributed by atoms with van der Waals surface area (Å²) in [6.07, 6.45) is 8.35. The van der Waals surface area contributed by atoms with Crippen LogP contribution in [-0.2, 0) is 0 Å². The molecule has 0 aliphatic heterocycles. The molecule has 0 amide bonds. The molecule has 1 aromatic carbocycles. The molecule has 0 spiro atoms. The van der Waals surface area contributed by atoms with Crippen molar-refractivity contribution in [1.29, 1.82) is 0 Å². The first-order valence-corrected chi connectivity index (χ1v) is 8.41. The second kappa shape index (κ2) is 7.84. The summed E-state index contributed by atoms with van der Waals surface area (Å²) in [6, 6.07) is 5.34. The first-order valence-electron chi connectivity index (χ1n) is 8.03. The maximum absolute atomic E-state index is 12.6. The van der Waals surface area contributed by atoms with Crippen molar-refractivity contribution < 1.29 is 9.53 Å². The SMILES string of the molecule is CCCCC1CCC(C(=O)c2ccc(Cl)c(OC)c2)CC1. The van der Waals surface area contributed by atoms with Gasteiger partial charge in [0.05, 0.1) is 12.1 Å². The molecule has 0 atom stereocenters. The third-order valence-electron chi connectivity index (χ3n) is 4.62. The predicted octanol–water partition coefficient (Wildman–Crippen LogP) is 5.53. The number of unbranched alkanes of at least 4 members (excludes halogenated alkanes) is 1. The lowest BCUT2D eigenvalue weighted by Crippen LogP contribution is -2.22. The Labute approximate surface area is 132 Å². The molecule has 1 aliphatic rings. The molecule has 0 heterocycles. The van der Waals surface area contributed by atoms with Crippen LogP contribution in [0.1, 0.15) is 62.2 Å². The van der Waals surface area contributed by atoms with E-state index in [1.807, 2.05) is 6.07 Å². The molecule has 3 heteroatoms. The zero-order valence-corrected chi connectivity index (χ0v) is 13.8. The lowest BCUT2D eigenvalue weighted by molar-refractivity contribution is 0.0869. The van der Waals surface area contributed by atoms with Crippen LogP contribution in [0.3, 0.4) is 0 Å². The summed E-state index contributed by atoms with van der Waals surface area (Å²) in [4.78, 5) is 12.6. The summed E-state index contributed by atoms with van der Waals surface area (Å²) in [7, 11) is 1.58. The molecular weight excluding hydrogens is 284 g/mol. The number of ether oxygens (including phenoxy) is 1. The molecule has 0 saturated heterocycles. The maximum atomic E-state index is 12.6. The Bertz CT molecular complexity index is 476. The molecule has 0 radical (unpaired) electrons. The van der Waals surface area contributed by atoms with Crippen molar-refractivity contribution in [2.24, 2.45) is 11.8 Å².